The van der Waals surface area contributed by atoms with Crippen LogP contribution in [0.25, 0.3) is 0 Å². The van der Waals surface area contributed by atoms with Gasteiger partial charge in [0.1, 0.15) is 10.6 Å². The Bertz CT molecular complexity index is 1370. The molecule has 1 heterocycles. The molecular formula is C30H30BrN3O4S. The number of anilines is 2. The van der Waals surface area contributed by atoms with Gasteiger partial charge in [-0.1, -0.05) is 53.7 Å². The molecule has 3 aromatic rings. The van der Waals surface area contributed by atoms with Crippen molar-refractivity contribution in [2.24, 2.45) is 0 Å². The summed E-state index contributed by atoms with van der Waals surface area (Å²) in [5.74, 6) is -0.526. The van der Waals surface area contributed by atoms with Crippen LogP contribution in [0.5, 0.6) is 0 Å². The van der Waals surface area contributed by atoms with Crippen LogP contribution in [0.15, 0.2) is 92.8 Å². The van der Waals surface area contributed by atoms with Crippen LogP contribution in [-0.2, 0) is 14.3 Å². The maximum Gasteiger partial charge on any atom is 0.278 e. The van der Waals surface area contributed by atoms with Crippen LogP contribution in [0.4, 0.5) is 11.4 Å². The summed E-state index contributed by atoms with van der Waals surface area (Å²) >= 11 is 4.59. The number of hydrogen-bond donors (Lipinski definition) is 2. The zero-order valence-corrected chi connectivity index (χ0v) is 24.4. The molecule has 202 valence electrons. The third-order valence-electron chi connectivity index (χ3n) is 6.14. The molecule has 0 spiro atoms. The fourth-order valence-corrected chi connectivity index (χ4v) is 5.16. The minimum absolute atomic E-state index is 0.219. The van der Waals surface area contributed by atoms with E-state index >= 15 is 0 Å². The molecule has 4 rings (SSSR count). The fraction of sp³-hybridized carbons (Fsp3) is 0.233. The predicted octanol–water partition coefficient (Wildman–Crippen LogP) is 6.65. The summed E-state index contributed by atoms with van der Waals surface area (Å²) in [5.41, 5.74) is 3.35. The van der Waals surface area contributed by atoms with E-state index < -0.39 is 0 Å². The number of rotatable bonds is 11. The number of methoxy groups -OCH3 is 1. The summed E-state index contributed by atoms with van der Waals surface area (Å²) in [4.78, 5) is 41.5. The van der Waals surface area contributed by atoms with E-state index in [0.717, 1.165) is 15.1 Å². The van der Waals surface area contributed by atoms with Crippen molar-refractivity contribution in [3.05, 3.63) is 99.0 Å². The highest BCUT2D eigenvalue weighted by Gasteiger charge is 2.38. The van der Waals surface area contributed by atoms with Gasteiger partial charge < -0.3 is 15.4 Å². The van der Waals surface area contributed by atoms with Crippen molar-refractivity contribution in [2.45, 2.75) is 31.1 Å². The van der Waals surface area contributed by atoms with Crippen LogP contribution in [0.3, 0.4) is 0 Å². The molecule has 3 aromatic carbocycles. The van der Waals surface area contributed by atoms with Gasteiger partial charge in [0.05, 0.1) is 0 Å². The number of imide groups is 1. The lowest BCUT2D eigenvalue weighted by molar-refractivity contribution is -0.137. The number of thioether (sulfide) groups is 1. The van der Waals surface area contributed by atoms with Gasteiger partial charge in [-0.25, -0.2) is 0 Å². The fourth-order valence-electron chi connectivity index (χ4n) is 3.95. The second-order valence-corrected chi connectivity index (χ2v) is 11.3. The first-order valence-electron chi connectivity index (χ1n) is 12.6. The first-order valence-corrected chi connectivity index (χ1v) is 14.2. The molecule has 1 aliphatic heterocycles. The number of ether oxygens (including phenoxy) is 1. The lowest BCUT2D eigenvalue weighted by Crippen LogP contribution is -2.33. The van der Waals surface area contributed by atoms with Gasteiger partial charge >= 0.3 is 0 Å². The second-order valence-electron chi connectivity index (χ2n) is 9.30. The molecule has 0 radical (unpaired) electrons. The Morgan fingerprint density at radius 1 is 0.923 bits per heavy atom. The lowest BCUT2D eigenvalue weighted by Gasteiger charge is -2.15. The van der Waals surface area contributed by atoms with E-state index in [1.165, 1.54) is 22.2 Å². The molecule has 0 aliphatic carbocycles. The molecule has 9 heteroatoms. The molecule has 0 bridgehead atoms. The Kier molecular flexibility index (Phi) is 9.61. The highest BCUT2D eigenvalue weighted by molar-refractivity contribution is 9.10. The Balaban J connectivity index is 1.53. The SMILES string of the molecule is COCCCN1C(=O)C(Nc2ccc(C(C)C)cc2)=C(Sc2ccc(NC(=O)c3ccc(Br)cc3)cc2)C1=O. The van der Waals surface area contributed by atoms with Gasteiger partial charge in [0, 0.05) is 46.6 Å². The minimum Gasteiger partial charge on any atom is -0.385 e. The molecule has 2 N–H and O–H groups in total. The predicted molar refractivity (Wildman–Crippen MR) is 159 cm³/mol. The number of carbonyl (C=O) groups excluding carboxylic acids is 3. The lowest BCUT2D eigenvalue weighted by atomic mass is 10.0. The standard InChI is InChI=1S/C30H30BrN3O4S/c1-19(2)20-7-11-23(12-8-20)32-26-27(30(37)34(29(26)36)17-4-18-38-3)39-25-15-13-24(14-16-25)33-28(35)21-5-9-22(31)10-6-21/h5-16,19,32H,4,17-18H2,1-3H3,(H,33,35). The number of nitrogens with one attached hydrogen (secondary N) is 2. The van der Waals surface area contributed by atoms with Gasteiger partial charge in [-0.3, -0.25) is 19.3 Å². The van der Waals surface area contributed by atoms with Crippen molar-refractivity contribution in [2.75, 3.05) is 30.9 Å². The maximum absolute atomic E-state index is 13.3. The number of nitrogens with zero attached hydrogens (tertiary/aromatic N) is 1. The van der Waals surface area contributed by atoms with Crippen molar-refractivity contribution >= 4 is 56.8 Å². The molecule has 39 heavy (non-hydrogen) atoms. The average Bonchev–Trinajstić information content (AvgIpc) is 3.14. The van der Waals surface area contributed by atoms with E-state index in [-0.39, 0.29) is 30.0 Å². The van der Waals surface area contributed by atoms with Crippen molar-refractivity contribution in [3.63, 3.8) is 0 Å². The molecule has 0 saturated heterocycles. The highest BCUT2D eigenvalue weighted by Crippen LogP contribution is 2.36. The molecule has 7 nitrogen and oxygen atoms in total. The van der Waals surface area contributed by atoms with Crippen LogP contribution in [-0.4, -0.2) is 42.9 Å². The zero-order valence-electron chi connectivity index (χ0n) is 22.0. The first-order chi connectivity index (χ1) is 18.8. The van der Waals surface area contributed by atoms with Crippen LogP contribution < -0.4 is 10.6 Å². The van der Waals surface area contributed by atoms with E-state index in [0.29, 0.717) is 35.1 Å². The van der Waals surface area contributed by atoms with E-state index in [9.17, 15) is 14.4 Å². The number of amides is 3. The van der Waals surface area contributed by atoms with Crippen molar-refractivity contribution in [1.29, 1.82) is 0 Å². The Morgan fingerprint density at radius 2 is 1.56 bits per heavy atom. The van der Waals surface area contributed by atoms with Gasteiger partial charge in [0.2, 0.25) is 0 Å². The van der Waals surface area contributed by atoms with E-state index in [4.69, 9.17) is 4.74 Å². The summed E-state index contributed by atoms with van der Waals surface area (Å²) in [6.45, 7) is 4.96. The third kappa shape index (κ3) is 7.17. The Labute approximate surface area is 241 Å². The summed E-state index contributed by atoms with van der Waals surface area (Å²) in [7, 11) is 1.59. The molecule has 0 saturated carbocycles. The van der Waals surface area contributed by atoms with Crippen LogP contribution >= 0.6 is 27.7 Å². The number of hydrogen-bond acceptors (Lipinski definition) is 6. The Hall–Kier alpha value is -3.40. The molecule has 0 unspecified atom stereocenters. The smallest absolute Gasteiger partial charge is 0.278 e. The van der Waals surface area contributed by atoms with Gasteiger partial charge in [-0.15, -0.1) is 0 Å². The summed E-state index contributed by atoms with van der Waals surface area (Å²) in [6.07, 6.45) is 0.551. The largest absolute Gasteiger partial charge is 0.385 e. The summed E-state index contributed by atoms with van der Waals surface area (Å²) < 4.78 is 6.00. The van der Waals surface area contributed by atoms with Crippen LogP contribution in [0, 0.1) is 0 Å². The normalized spacial score (nSPS) is 13.4. The molecule has 0 atom stereocenters. The van der Waals surface area contributed by atoms with E-state index in [2.05, 4.69) is 40.4 Å². The number of benzene rings is 3. The molecule has 1 aliphatic rings. The zero-order chi connectivity index (χ0) is 27.9. The van der Waals surface area contributed by atoms with Crippen LogP contribution in [0.1, 0.15) is 42.1 Å². The average molecular weight is 609 g/mol. The summed E-state index contributed by atoms with van der Waals surface area (Å²) in [5, 5.41) is 6.07. The van der Waals surface area contributed by atoms with Crippen molar-refractivity contribution in [1.82, 2.24) is 4.90 Å². The Morgan fingerprint density at radius 3 is 2.18 bits per heavy atom. The molecule has 0 aromatic heterocycles. The topological polar surface area (TPSA) is 87.7 Å². The highest BCUT2D eigenvalue weighted by atomic mass is 79.9. The molecular weight excluding hydrogens is 578 g/mol. The van der Waals surface area contributed by atoms with Gasteiger partial charge in [-0.05, 0) is 78.6 Å². The second kappa shape index (κ2) is 13.1. The maximum atomic E-state index is 13.3. The van der Waals surface area contributed by atoms with Gasteiger partial charge in [-0.2, -0.15) is 0 Å². The number of carbonyl (C=O) groups is 3. The molecule has 3 amide bonds. The molecule has 0 fully saturated rings. The number of halogens is 1. The van der Waals surface area contributed by atoms with Gasteiger partial charge in [0.15, 0.2) is 0 Å². The first kappa shape index (κ1) is 28.6. The van der Waals surface area contributed by atoms with E-state index in [1.54, 1.807) is 31.4 Å². The quantitative estimate of drug-likeness (QED) is 0.187. The van der Waals surface area contributed by atoms with Crippen LogP contribution in [0.2, 0.25) is 0 Å². The summed E-state index contributed by atoms with van der Waals surface area (Å²) in [6, 6.07) is 22.1. The van der Waals surface area contributed by atoms with Crippen molar-refractivity contribution in [3.8, 4) is 0 Å². The third-order valence-corrected chi connectivity index (χ3v) is 7.76. The van der Waals surface area contributed by atoms with Crippen molar-refractivity contribution < 1.29 is 19.1 Å². The van der Waals surface area contributed by atoms with Gasteiger partial charge in [0.25, 0.3) is 17.7 Å². The monoisotopic (exact) mass is 607 g/mol. The minimum atomic E-state index is -0.357. The van der Waals surface area contributed by atoms with E-state index in [1.807, 2.05) is 48.5 Å².